The third kappa shape index (κ3) is 3.06. The van der Waals surface area contributed by atoms with Crippen LogP contribution in [0.2, 0.25) is 5.02 Å². The predicted octanol–water partition coefficient (Wildman–Crippen LogP) is 2.74. The van der Waals surface area contributed by atoms with Crippen LogP contribution in [0.3, 0.4) is 0 Å². The number of hydrogen-bond donors (Lipinski definition) is 0. The van der Waals surface area contributed by atoms with E-state index < -0.39 is 5.82 Å². The van der Waals surface area contributed by atoms with Crippen molar-refractivity contribution >= 4 is 17.4 Å². The monoisotopic (exact) mass is 246 g/mol. The molecule has 3 nitrogen and oxygen atoms in total. The van der Waals surface area contributed by atoms with E-state index in [1.807, 2.05) is 18.7 Å². The summed E-state index contributed by atoms with van der Waals surface area (Å²) in [4.78, 5) is 5.86. The molecule has 0 fully saturated rings. The average molecular weight is 247 g/mol. The first kappa shape index (κ1) is 13.2. The van der Waals surface area contributed by atoms with E-state index in [1.54, 1.807) is 7.11 Å². The second-order valence-electron chi connectivity index (χ2n) is 3.55. The van der Waals surface area contributed by atoms with Crippen LogP contribution >= 0.6 is 11.6 Å². The van der Waals surface area contributed by atoms with Crippen molar-refractivity contribution in [1.82, 2.24) is 4.98 Å². The third-order valence-electron chi connectivity index (χ3n) is 2.34. The van der Waals surface area contributed by atoms with E-state index in [2.05, 4.69) is 4.98 Å². The largest absolute Gasteiger partial charge is 0.383 e. The van der Waals surface area contributed by atoms with E-state index in [0.717, 1.165) is 0 Å². The minimum absolute atomic E-state index is 0.0678. The van der Waals surface area contributed by atoms with Gasteiger partial charge in [0.2, 0.25) is 0 Å². The first-order chi connectivity index (χ1) is 7.60. The fourth-order valence-corrected chi connectivity index (χ4v) is 1.76. The summed E-state index contributed by atoms with van der Waals surface area (Å²) in [5.41, 5.74) is 0. The molecule has 0 aliphatic rings. The van der Waals surface area contributed by atoms with E-state index >= 15 is 0 Å². The van der Waals surface area contributed by atoms with Crippen LogP contribution in [0.1, 0.15) is 13.8 Å². The van der Waals surface area contributed by atoms with Crippen molar-refractivity contribution in [3.05, 3.63) is 23.1 Å². The van der Waals surface area contributed by atoms with Gasteiger partial charge < -0.3 is 9.64 Å². The lowest BCUT2D eigenvalue weighted by Gasteiger charge is -2.28. The van der Waals surface area contributed by atoms with Gasteiger partial charge in [0.1, 0.15) is 0 Å². The summed E-state index contributed by atoms with van der Waals surface area (Å²) in [6, 6.07) is 1.34. The zero-order valence-corrected chi connectivity index (χ0v) is 10.5. The number of methoxy groups -OCH3 is 1. The van der Waals surface area contributed by atoms with Crippen molar-refractivity contribution in [2.75, 3.05) is 25.2 Å². The van der Waals surface area contributed by atoms with E-state index in [9.17, 15) is 4.39 Å². The molecule has 0 saturated carbocycles. The highest BCUT2D eigenvalue weighted by atomic mass is 35.5. The Hall–Kier alpha value is -0.870. The smallest absolute Gasteiger partial charge is 0.167 e. The van der Waals surface area contributed by atoms with Crippen molar-refractivity contribution in [2.45, 2.75) is 19.9 Å². The number of halogens is 2. The minimum atomic E-state index is -0.405. The first-order valence-electron chi connectivity index (χ1n) is 5.16. The summed E-state index contributed by atoms with van der Waals surface area (Å²) in [6.07, 6.45) is 1.45. The standard InChI is InChI=1S/C11H16ClFN2O/c1-4-15(8(2)7-16-3)11-10(13)5-9(12)6-14-11/h5-6,8H,4,7H2,1-3H3. The number of anilines is 1. The zero-order chi connectivity index (χ0) is 12.1. The van der Waals surface area contributed by atoms with Crippen molar-refractivity contribution < 1.29 is 9.13 Å². The Morgan fingerprint density at radius 1 is 1.62 bits per heavy atom. The number of nitrogens with zero attached hydrogens (tertiary/aromatic N) is 2. The van der Waals surface area contributed by atoms with Gasteiger partial charge in [-0.2, -0.15) is 0 Å². The molecule has 0 spiro atoms. The molecule has 1 aromatic heterocycles. The van der Waals surface area contributed by atoms with Crippen LogP contribution in [0.5, 0.6) is 0 Å². The number of aromatic nitrogens is 1. The Morgan fingerprint density at radius 3 is 2.81 bits per heavy atom. The van der Waals surface area contributed by atoms with Gasteiger partial charge in [-0.15, -0.1) is 0 Å². The molecule has 1 atom stereocenters. The maximum atomic E-state index is 13.7. The normalized spacial score (nSPS) is 12.6. The Morgan fingerprint density at radius 2 is 2.31 bits per heavy atom. The molecule has 0 aromatic carbocycles. The zero-order valence-electron chi connectivity index (χ0n) is 9.70. The summed E-state index contributed by atoms with van der Waals surface area (Å²) in [5, 5.41) is 0.302. The van der Waals surface area contributed by atoms with E-state index in [0.29, 0.717) is 24.0 Å². The van der Waals surface area contributed by atoms with Gasteiger partial charge in [-0.05, 0) is 19.9 Å². The highest BCUT2D eigenvalue weighted by molar-refractivity contribution is 6.30. The lowest BCUT2D eigenvalue weighted by atomic mass is 10.3. The molecule has 1 rings (SSSR count). The second-order valence-corrected chi connectivity index (χ2v) is 3.99. The summed E-state index contributed by atoms with van der Waals surface area (Å²) in [7, 11) is 1.62. The van der Waals surface area contributed by atoms with E-state index in [4.69, 9.17) is 16.3 Å². The van der Waals surface area contributed by atoms with Crippen LogP contribution in [-0.4, -0.2) is 31.3 Å². The van der Waals surface area contributed by atoms with Gasteiger partial charge in [-0.3, -0.25) is 0 Å². The molecule has 90 valence electrons. The van der Waals surface area contributed by atoms with Crippen LogP contribution in [0, 0.1) is 5.82 Å². The van der Waals surface area contributed by atoms with Gasteiger partial charge in [0, 0.05) is 19.9 Å². The van der Waals surface area contributed by atoms with Gasteiger partial charge >= 0.3 is 0 Å². The molecular formula is C11H16ClFN2O. The molecule has 0 aliphatic carbocycles. The van der Waals surface area contributed by atoms with Crippen LogP contribution in [-0.2, 0) is 4.74 Å². The van der Waals surface area contributed by atoms with Crippen LogP contribution in [0.15, 0.2) is 12.3 Å². The Kier molecular flexibility index (Phi) is 4.96. The summed E-state index contributed by atoms with van der Waals surface area (Å²) < 4.78 is 18.7. The predicted molar refractivity (Wildman–Crippen MR) is 63.6 cm³/mol. The maximum absolute atomic E-state index is 13.7. The minimum Gasteiger partial charge on any atom is -0.383 e. The number of rotatable bonds is 5. The molecule has 0 radical (unpaired) electrons. The summed E-state index contributed by atoms with van der Waals surface area (Å²) >= 11 is 5.66. The molecule has 0 N–H and O–H groups in total. The number of ether oxygens (including phenoxy) is 1. The van der Waals surface area contributed by atoms with Crippen LogP contribution in [0.25, 0.3) is 0 Å². The molecule has 1 aromatic rings. The molecule has 0 bridgehead atoms. The lowest BCUT2D eigenvalue weighted by Crippen LogP contribution is -2.37. The van der Waals surface area contributed by atoms with Gasteiger partial charge in [0.15, 0.2) is 11.6 Å². The van der Waals surface area contributed by atoms with E-state index in [1.165, 1.54) is 12.3 Å². The molecule has 16 heavy (non-hydrogen) atoms. The molecular weight excluding hydrogens is 231 g/mol. The Labute approximate surface area is 100 Å². The van der Waals surface area contributed by atoms with Gasteiger partial charge in [0.25, 0.3) is 0 Å². The highest BCUT2D eigenvalue weighted by Gasteiger charge is 2.17. The topological polar surface area (TPSA) is 25.4 Å². The molecule has 0 aliphatic heterocycles. The van der Waals surface area contributed by atoms with Crippen molar-refractivity contribution in [1.29, 1.82) is 0 Å². The Bertz CT molecular complexity index is 349. The average Bonchev–Trinajstić information content (AvgIpc) is 2.22. The first-order valence-corrected chi connectivity index (χ1v) is 5.54. The number of hydrogen-bond acceptors (Lipinski definition) is 3. The third-order valence-corrected chi connectivity index (χ3v) is 2.55. The van der Waals surface area contributed by atoms with Crippen molar-refractivity contribution in [3.8, 4) is 0 Å². The van der Waals surface area contributed by atoms with E-state index in [-0.39, 0.29) is 6.04 Å². The maximum Gasteiger partial charge on any atom is 0.167 e. The van der Waals surface area contributed by atoms with Gasteiger partial charge in [-0.1, -0.05) is 11.6 Å². The summed E-state index contributed by atoms with van der Waals surface area (Å²) in [6.45, 7) is 5.10. The summed E-state index contributed by atoms with van der Waals surface area (Å²) in [5.74, 6) is -0.0891. The second kappa shape index (κ2) is 6.01. The fraction of sp³-hybridized carbons (Fsp3) is 0.545. The fourth-order valence-electron chi connectivity index (χ4n) is 1.62. The lowest BCUT2D eigenvalue weighted by molar-refractivity contribution is 0.181. The van der Waals surface area contributed by atoms with Crippen LogP contribution < -0.4 is 4.90 Å². The highest BCUT2D eigenvalue weighted by Crippen LogP contribution is 2.21. The van der Waals surface area contributed by atoms with Crippen molar-refractivity contribution in [3.63, 3.8) is 0 Å². The van der Waals surface area contributed by atoms with Crippen molar-refractivity contribution in [2.24, 2.45) is 0 Å². The number of likely N-dealkylation sites (N-methyl/N-ethyl adjacent to an activating group) is 1. The molecule has 5 heteroatoms. The quantitative estimate of drug-likeness (QED) is 0.799. The Balaban J connectivity index is 2.94. The molecule has 1 unspecified atom stereocenters. The van der Waals surface area contributed by atoms with Gasteiger partial charge in [0.05, 0.1) is 17.7 Å². The molecule has 1 heterocycles. The van der Waals surface area contributed by atoms with Gasteiger partial charge in [-0.25, -0.2) is 9.37 Å². The SMILES string of the molecule is CCN(c1ncc(Cl)cc1F)C(C)COC. The molecule has 0 amide bonds. The van der Waals surface area contributed by atoms with Crippen LogP contribution in [0.4, 0.5) is 10.2 Å². The number of pyridine rings is 1. The molecule has 0 saturated heterocycles.